The van der Waals surface area contributed by atoms with E-state index in [1.54, 1.807) is 0 Å². The third kappa shape index (κ3) is 6.75. The molecule has 1 atom stereocenters. The molecule has 3 heterocycles. The third-order valence-corrected chi connectivity index (χ3v) is 7.75. The van der Waals surface area contributed by atoms with Crippen LogP contribution in [0.2, 0.25) is 0 Å². The Balaban J connectivity index is 1.32. The zero-order valence-electron chi connectivity index (χ0n) is 22.4. The fourth-order valence-corrected chi connectivity index (χ4v) is 5.73. The average molecular weight is 500 g/mol. The van der Waals surface area contributed by atoms with E-state index < -0.39 is 0 Å². The van der Waals surface area contributed by atoms with Crippen molar-refractivity contribution < 1.29 is 5.11 Å². The van der Waals surface area contributed by atoms with Crippen LogP contribution in [0.1, 0.15) is 41.6 Å². The van der Waals surface area contributed by atoms with Crippen molar-refractivity contribution >= 4 is 5.82 Å². The minimum atomic E-state index is -0.285. The Morgan fingerprint density at radius 2 is 1.49 bits per heavy atom. The highest BCUT2D eigenvalue weighted by Crippen LogP contribution is 2.28. The Labute approximate surface area is 222 Å². The number of likely N-dealkylation sites (tertiary alicyclic amines) is 1. The molecule has 2 aliphatic heterocycles. The maximum Gasteiger partial charge on any atom is 0.161 e. The highest BCUT2D eigenvalue weighted by Gasteiger charge is 2.25. The molecule has 5 rings (SSSR count). The number of hydrogen-bond donors (Lipinski definition) is 1. The summed E-state index contributed by atoms with van der Waals surface area (Å²) in [4.78, 5) is 17.4. The van der Waals surface area contributed by atoms with E-state index in [0.717, 1.165) is 81.7 Å². The Morgan fingerprint density at radius 3 is 2.19 bits per heavy atom. The summed E-state index contributed by atoms with van der Waals surface area (Å²) in [7, 11) is 0. The van der Waals surface area contributed by atoms with E-state index >= 15 is 0 Å². The average Bonchev–Trinajstić information content (AvgIpc) is 2.91. The monoisotopic (exact) mass is 499 g/mol. The number of β-amino-alcohol motifs (C(OH)–C–C–N with tert-alkyl or cyclic N) is 1. The van der Waals surface area contributed by atoms with Gasteiger partial charge in [0.15, 0.2) is 5.82 Å². The fraction of sp³-hybridized carbons (Fsp3) is 0.484. The fourth-order valence-electron chi connectivity index (χ4n) is 5.73. The number of rotatable bonds is 8. The number of piperazine rings is 1. The number of aromatic nitrogens is 2. The molecule has 1 N–H and O–H groups in total. The Kier molecular flexibility index (Phi) is 8.49. The lowest BCUT2D eigenvalue weighted by molar-refractivity contribution is 0.0651. The van der Waals surface area contributed by atoms with Gasteiger partial charge in [-0.15, -0.1) is 0 Å². The van der Waals surface area contributed by atoms with Crippen LogP contribution in [0, 0.1) is 13.8 Å². The van der Waals surface area contributed by atoms with E-state index in [9.17, 15) is 5.11 Å². The summed E-state index contributed by atoms with van der Waals surface area (Å²) in [5.74, 6) is 1.85. The largest absolute Gasteiger partial charge is 0.390 e. The molecule has 2 aliphatic rings. The molecule has 6 heteroatoms. The predicted octanol–water partition coefficient (Wildman–Crippen LogP) is 4.32. The normalized spacial score (nSPS) is 18.2. The number of aliphatic hydroxyl groups is 1. The highest BCUT2D eigenvalue weighted by atomic mass is 16.3. The molecule has 1 unspecified atom stereocenters. The number of hydrogen-bond acceptors (Lipinski definition) is 6. The molecule has 0 radical (unpaired) electrons. The minimum Gasteiger partial charge on any atom is -0.390 e. The van der Waals surface area contributed by atoms with Crippen LogP contribution in [-0.2, 0) is 6.42 Å². The van der Waals surface area contributed by atoms with Crippen LogP contribution in [0.25, 0.3) is 11.4 Å². The summed E-state index contributed by atoms with van der Waals surface area (Å²) in [6, 6.07) is 19.0. The zero-order chi connectivity index (χ0) is 25.6. The molecule has 1 aromatic heterocycles. The van der Waals surface area contributed by atoms with Crippen molar-refractivity contribution in [3.05, 3.63) is 77.0 Å². The lowest BCUT2D eigenvalue weighted by Gasteiger charge is -2.38. The maximum atomic E-state index is 10.7. The van der Waals surface area contributed by atoms with Gasteiger partial charge in [-0.2, -0.15) is 0 Å². The maximum absolute atomic E-state index is 10.7. The van der Waals surface area contributed by atoms with Gasteiger partial charge in [-0.1, -0.05) is 66.6 Å². The summed E-state index contributed by atoms with van der Waals surface area (Å²) in [6.45, 7) is 11.8. The van der Waals surface area contributed by atoms with Gasteiger partial charge in [0.05, 0.1) is 6.10 Å². The highest BCUT2D eigenvalue weighted by molar-refractivity contribution is 5.61. The Bertz CT molecular complexity index is 1150. The van der Waals surface area contributed by atoms with E-state index in [1.165, 1.54) is 36.0 Å². The minimum absolute atomic E-state index is 0.285. The van der Waals surface area contributed by atoms with Gasteiger partial charge in [0.25, 0.3) is 0 Å². The molecular weight excluding hydrogens is 458 g/mol. The quantitative estimate of drug-likeness (QED) is 0.498. The molecule has 0 amide bonds. The topological polar surface area (TPSA) is 55.7 Å². The summed E-state index contributed by atoms with van der Waals surface area (Å²) in [5.41, 5.74) is 5.87. The van der Waals surface area contributed by atoms with E-state index in [-0.39, 0.29) is 6.10 Å². The summed E-state index contributed by atoms with van der Waals surface area (Å²) in [6.07, 6.45) is 4.40. The Morgan fingerprint density at radius 1 is 0.784 bits per heavy atom. The summed E-state index contributed by atoms with van der Waals surface area (Å²) >= 11 is 0. The van der Waals surface area contributed by atoms with Crippen molar-refractivity contribution in [3.8, 4) is 11.4 Å². The smallest absolute Gasteiger partial charge is 0.161 e. The predicted molar refractivity (Wildman–Crippen MR) is 151 cm³/mol. The first kappa shape index (κ1) is 25.8. The summed E-state index contributed by atoms with van der Waals surface area (Å²) < 4.78 is 0. The van der Waals surface area contributed by atoms with Crippen LogP contribution in [0.15, 0.2) is 54.6 Å². The van der Waals surface area contributed by atoms with Crippen molar-refractivity contribution in [1.82, 2.24) is 19.8 Å². The molecule has 0 saturated carbocycles. The lowest BCUT2D eigenvalue weighted by Crippen LogP contribution is -2.50. The standard InChI is InChI=1S/C31H41N5O/c1-24-10-9-11-26(20-24)21-29-25(2)32-30(27-12-5-3-6-13-27)33-31(29)36-18-16-35(17-19-36)23-28(37)22-34-14-7-4-8-15-34/h3,5-6,9-13,20,28,37H,4,7-8,14-19,21-23H2,1-2H3. The zero-order valence-corrected chi connectivity index (χ0v) is 22.4. The van der Waals surface area contributed by atoms with Crippen LogP contribution in [0.4, 0.5) is 5.82 Å². The molecule has 3 aromatic rings. The first-order valence-electron chi connectivity index (χ1n) is 13.9. The van der Waals surface area contributed by atoms with Gasteiger partial charge in [0, 0.05) is 62.5 Å². The molecule has 2 aromatic carbocycles. The van der Waals surface area contributed by atoms with Gasteiger partial charge in [-0.3, -0.25) is 4.90 Å². The SMILES string of the molecule is Cc1cccc(Cc2c(C)nc(-c3ccccc3)nc2N2CCN(CC(O)CN3CCCCC3)CC2)c1. The second kappa shape index (κ2) is 12.2. The van der Waals surface area contributed by atoms with E-state index in [4.69, 9.17) is 9.97 Å². The van der Waals surface area contributed by atoms with Gasteiger partial charge >= 0.3 is 0 Å². The van der Waals surface area contributed by atoms with Gasteiger partial charge in [-0.05, 0) is 45.3 Å². The van der Waals surface area contributed by atoms with E-state index in [1.807, 2.05) is 18.2 Å². The van der Waals surface area contributed by atoms with Crippen molar-refractivity contribution in [2.24, 2.45) is 0 Å². The van der Waals surface area contributed by atoms with Crippen molar-refractivity contribution in [2.75, 3.05) is 57.3 Å². The van der Waals surface area contributed by atoms with E-state index in [2.05, 4.69) is 64.9 Å². The van der Waals surface area contributed by atoms with Gasteiger partial charge in [-0.25, -0.2) is 9.97 Å². The van der Waals surface area contributed by atoms with Crippen LogP contribution in [0.3, 0.4) is 0 Å². The number of nitrogens with zero attached hydrogens (tertiary/aromatic N) is 5. The number of aryl methyl sites for hydroxylation is 2. The van der Waals surface area contributed by atoms with Crippen molar-refractivity contribution in [3.63, 3.8) is 0 Å². The van der Waals surface area contributed by atoms with Crippen LogP contribution >= 0.6 is 0 Å². The molecule has 0 bridgehead atoms. The second-order valence-electron chi connectivity index (χ2n) is 10.8. The molecule has 0 aliphatic carbocycles. The molecule has 37 heavy (non-hydrogen) atoms. The van der Waals surface area contributed by atoms with E-state index in [0.29, 0.717) is 0 Å². The summed E-state index contributed by atoms with van der Waals surface area (Å²) in [5, 5.41) is 10.7. The van der Waals surface area contributed by atoms with Crippen LogP contribution in [-0.4, -0.2) is 83.3 Å². The van der Waals surface area contributed by atoms with Crippen LogP contribution < -0.4 is 4.90 Å². The van der Waals surface area contributed by atoms with Crippen molar-refractivity contribution in [1.29, 1.82) is 0 Å². The second-order valence-corrected chi connectivity index (χ2v) is 10.8. The molecular formula is C31H41N5O. The first-order chi connectivity index (χ1) is 18.0. The molecule has 196 valence electrons. The molecule has 6 nitrogen and oxygen atoms in total. The number of aliphatic hydroxyl groups excluding tert-OH is 1. The lowest BCUT2D eigenvalue weighted by atomic mass is 10.0. The first-order valence-corrected chi connectivity index (χ1v) is 13.9. The van der Waals surface area contributed by atoms with Crippen molar-refractivity contribution in [2.45, 2.75) is 45.6 Å². The Hall–Kier alpha value is -2.80. The van der Waals surface area contributed by atoms with Gasteiger partial charge < -0.3 is 14.9 Å². The molecule has 2 fully saturated rings. The molecule has 0 spiro atoms. The number of anilines is 1. The van der Waals surface area contributed by atoms with Crippen LogP contribution in [0.5, 0.6) is 0 Å². The van der Waals surface area contributed by atoms with Gasteiger partial charge in [0.1, 0.15) is 5.82 Å². The molecule has 2 saturated heterocycles. The third-order valence-electron chi connectivity index (χ3n) is 7.75. The number of benzene rings is 2. The van der Waals surface area contributed by atoms with Gasteiger partial charge in [0.2, 0.25) is 0 Å². The number of piperidine rings is 1.